The Kier molecular flexibility index (Phi) is 7.42. The minimum absolute atomic E-state index is 0.410. The van der Waals surface area contributed by atoms with Gasteiger partial charge in [-0.2, -0.15) is 0 Å². The molecule has 4 nitrogen and oxygen atoms in total. The quantitative estimate of drug-likeness (QED) is 0.185. The summed E-state index contributed by atoms with van der Waals surface area (Å²) in [5.74, 6) is 0.814. The van der Waals surface area contributed by atoms with Gasteiger partial charge >= 0.3 is 5.97 Å². The number of unbranched alkanes of at least 4 members (excludes halogenated alkanes) is 1. The highest BCUT2D eigenvalue weighted by atomic mass is 35.5. The molecule has 5 heteroatoms. The van der Waals surface area contributed by atoms with Gasteiger partial charge in [0.25, 0.3) is 0 Å². The number of aliphatic imine (C=N–C) groups is 1. The van der Waals surface area contributed by atoms with Crippen molar-refractivity contribution in [2.75, 3.05) is 6.61 Å². The number of carbonyl (C=O) groups is 1. The number of ether oxygens (including phenoxy) is 2. The molecule has 3 aromatic rings. The molecular weight excluding hydrogens is 386 g/mol. The maximum atomic E-state index is 12.3. The number of esters is 1. The van der Waals surface area contributed by atoms with Crippen molar-refractivity contribution in [2.24, 2.45) is 4.99 Å². The van der Waals surface area contributed by atoms with E-state index >= 15 is 0 Å². The molecule has 0 saturated heterocycles. The van der Waals surface area contributed by atoms with Crippen LogP contribution in [0.1, 0.15) is 35.7 Å². The van der Waals surface area contributed by atoms with E-state index in [1.165, 1.54) is 0 Å². The number of benzene rings is 3. The molecule has 3 rings (SSSR count). The Morgan fingerprint density at radius 3 is 2.24 bits per heavy atom. The molecule has 0 amide bonds. The standard InChI is InChI=1S/C24H22ClNO3/c1-2-3-16-28-22-14-6-19(7-15-22)24(27)29-23-12-4-18(5-13-23)17-26-21-10-8-20(25)9-11-21/h4-15,17H,2-3,16H2,1H3. The number of carbonyl (C=O) groups excluding carboxylic acids is 1. The maximum absolute atomic E-state index is 12.3. The van der Waals surface area contributed by atoms with Crippen molar-refractivity contribution in [3.8, 4) is 11.5 Å². The smallest absolute Gasteiger partial charge is 0.343 e. The van der Waals surface area contributed by atoms with E-state index < -0.39 is 5.97 Å². The summed E-state index contributed by atoms with van der Waals surface area (Å²) in [4.78, 5) is 16.7. The van der Waals surface area contributed by atoms with E-state index in [1.807, 2.05) is 24.3 Å². The van der Waals surface area contributed by atoms with Crippen LogP contribution in [0.25, 0.3) is 0 Å². The van der Waals surface area contributed by atoms with Crippen LogP contribution in [0.4, 0.5) is 5.69 Å². The SMILES string of the molecule is CCCCOc1ccc(C(=O)Oc2ccc(C=Nc3ccc(Cl)cc3)cc2)cc1. The Bertz CT molecular complexity index is 949. The summed E-state index contributed by atoms with van der Waals surface area (Å²) in [6, 6.07) is 21.4. The number of hydrogen-bond donors (Lipinski definition) is 0. The number of rotatable bonds is 8. The summed E-state index contributed by atoms with van der Waals surface area (Å²) in [6.45, 7) is 2.79. The molecule has 0 fully saturated rings. The summed E-state index contributed by atoms with van der Waals surface area (Å²) >= 11 is 5.87. The first-order valence-electron chi connectivity index (χ1n) is 9.49. The molecule has 0 saturated carbocycles. The van der Waals surface area contributed by atoms with Gasteiger partial charge in [-0.3, -0.25) is 4.99 Å². The van der Waals surface area contributed by atoms with Crippen LogP contribution in [0.3, 0.4) is 0 Å². The Morgan fingerprint density at radius 2 is 1.59 bits per heavy atom. The zero-order valence-electron chi connectivity index (χ0n) is 16.2. The molecule has 0 unspecified atom stereocenters. The molecule has 0 bridgehead atoms. The van der Waals surface area contributed by atoms with Crippen LogP contribution in [0, 0.1) is 0 Å². The lowest BCUT2D eigenvalue weighted by Gasteiger charge is -2.07. The molecule has 0 radical (unpaired) electrons. The molecule has 0 N–H and O–H groups in total. The van der Waals surface area contributed by atoms with E-state index in [9.17, 15) is 4.79 Å². The molecular formula is C24H22ClNO3. The third kappa shape index (κ3) is 6.47. The normalized spacial score (nSPS) is 10.8. The summed E-state index contributed by atoms with van der Waals surface area (Å²) in [5.41, 5.74) is 2.18. The van der Waals surface area contributed by atoms with Crippen molar-refractivity contribution in [3.05, 3.63) is 88.9 Å². The molecule has 3 aromatic carbocycles. The third-order valence-corrected chi connectivity index (χ3v) is 4.39. The van der Waals surface area contributed by atoms with E-state index in [0.29, 0.717) is 22.9 Å². The first-order chi connectivity index (χ1) is 14.1. The average Bonchev–Trinajstić information content (AvgIpc) is 2.75. The molecule has 0 spiro atoms. The van der Waals surface area contributed by atoms with Gasteiger partial charge < -0.3 is 9.47 Å². The van der Waals surface area contributed by atoms with Gasteiger partial charge in [-0.15, -0.1) is 0 Å². The number of hydrogen-bond acceptors (Lipinski definition) is 4. The summed E-state index contributed by atoms with van der Waals surface area (Å²) in [5, 5.41) is 0.675. The van der Waals surface area contributed by atoms with Crippen LogP contribution in [0.5, 0.6) is 11.5 Å². The van der Waals surface area contributed by atoms with Gasteiger partial charge in [0.15, 0.2) is 0 Å². The van der Waals surface area contributed by atoms with Crippen LogP contribution >= 0.6 is 11.6 Å². The van der Waals surface area contributed by atoms with Crippen molar-refractivity contribution >= 4 is 29.5 Å². The highest BCUT2D eigenvalue weighted by molar-refractivity contribution is 6.30. The van der Waals surface area contributed by atoms with Gasteiger partial charge in [0.05, 0.1) is 17.9 Å². The Labute approximate surface area is 175 Å². The van der Waals surface area contributed by atoms with Crippen LogP contribution in [-0.4, -0.2) is 18.8 Å². The fourth-order valence-electron chi connectivity index (χ4n) is 2.49. The summed E-state index contributed by atoms with van der Waals surface area (Å²) in [6.07, 6.45) is 3.83. The molecule has 0 aliphatic carbocycles. The van der Waals surface area contributed by atoms with E-state index in [0.717, 1.165) is 29.8 Å². The van der Waals surface area contributed by atoms with Crippen LogP contribution < -0.4 is 9.47 Å². The minimum Gasteiger partial charge on any atom is -0.494 e. The molecule has 0 heterocycles. The second-order valence-electron chi connectivity index (χ2n) is 6.42. The van der Waals surface area contributed by atoms with Crippen LogP contribution in [0.2, 0.25) is 5.02 Å². The predicted octanol–water partition coefficient (Wildman–Crippen LogP) is 6.49. The van der Waals surface area contributed by atoms with Gasteiger partial charge in [-0.1, -0.05) is 24.9 Å². The average molecular weight is 408 g/mol. The molecule has 148 valence electrons. The van der Waals surface area contributed by atoms with E-state index in [-0.39, 0.29) is 0 Å². The molecule has 0 aromatic heterocycles. The van der Waals surface area contributed by atoms with Gasteiger partial charge in [0, 0.05) is 11.2 Å². The third-order valence-electron chi connectivity index (χ3n) is 4.14. The molecule has 0 aliphatic heterocycles. The Hall–Kier alpha value is -3.11. The van der Waals surface area contributed by atoms with Crippen molar-refractivity contribution in [1.29, 1.82) is 0 Å². The number of halogens is 1. The molecule has 29 heavy (non-hydrogen) atoms. The second-order valence-corrected chi connectivity index (χ2v) is 6.86. The Morgan fingerprint density at radius 1 is 0.931 bits per heavy atom. The van der Waals surface area contributed by atoms with Crippen LogP contribution in [-0.2, 0) is 0 Å². The topological polar surface area (TPSA) is 47.9 Å². The Balaban J connectivity index is 1.56. The fraction of sp³-hybridized carbons (Fsp3) is 0.167. The predicted molar refractivity (Wildman–Crippen MR) is 117 cm³/mol. The van der Waals surface area contributed by atoms with Crippen LogP contribution in [0.15, 0.2) is 77.8 Å². The van der Waals surface area contributed by atoms with Gasteiger partial charge in [0.1, 0.15) is 11.5 Å². The zero-order valence-corrected chi connectivity index (χ0v) is 16.9. The highest BCUT2D eigenvalue weighted by Crippen LogP contribution is 2.18. The van der Waals surface area contributed by atoms with Gasteiger partial charge in [-0.05, 0) is 84.8 Å². The highest BCUT2D eigenvalue weighted by Gasteiger charge is 2.08. The monoisotopic (exact) mass is 407 g/mol. The van der Waals surface area contributed by atoms with E-state index in [4.69, 9.17) is 21.1 Å². The molecule has 0 aliphatic rings. The van der Waals surface area contributed by atoms with Gasteiger partial charge in [-0.25, -0.2) is 4.79 Å². The second kappa shape index (κ2) is 10.4. The lowest BCUT2D eigenvalue weighted by atomic mass is 10.2. The number of nitrogens with zero attached hydrogens (tertiary/aromatic N) is 1. The fourth-order valence-corrected chi connectivity index (χ4v) is 2.61. The summed E-state index contributed by atoms with van der Waals surface area (Å²) in [7, 11) is 0. The van der Waals surface area contributed by atoms with Gasteiger partial charge in [0.2, 0.25) is 0 Å². The first kappa shape index (κ1) is 20.6. The minimum atomic E-state index is -0.410. The lowest BCUT2D eigenvalue weighted by Crippen LogP contribution is -2.08. The largest absolute Gasteiger partial charge is 0.494 e. The van der Waals surface area contributed by atoms with E-state index in [2.05, 4.69) is 11.9 Å². The molecule has 0 atom stereocenters. The van der Waals surface area contributed by atoms with Crippen molar-refractivity contribution in [3.63, 3.8) is 0 Å². The lowest BCUT2D eigenvalue weighted by molar-refractivity contribution is 0.0734. The first-order valence-corrected chi connectivity index (χ1v) is 9.86. The maximum Gasteiger partial charge on any atom is 0.343 e. The van der Waals surface area contributed by atoms with Crippen molar-refractivity contribution in [1.82, 2.24) is 0 Å². The van der Waals surface area contributed by atoms with E-state index in [1.54, 1.807) is 54.7 Å². The van der Waals surface area contributed by atoms with Crippen molar-refractivity contribution in [2.45, 2.75) is 19.8 Å². The summed E-state index contributed by atoms with van der Waals surface area (Å²) < 4.78 is 11.0. The zero-order chi connectivity index (χ0) is 20.5. The van der Waals surface area contributed by atoms with Crippen molar-refractivity contribution < 1.29 is 14.3 Å².